The third-order valence-electron chi connectivity index (χ3n) is 4.62. The lowest BCUT2D eigenvalue weighted by atomic mass is 9.95. The Morgan fingerprint density at radius 1 is 1.14 bits per heavy atom. The summed E-state index contributed by atoms with van der Waals surface area (Å²) in [7, 11) is 2.98. The van der Waals surface area contributed by atoms with Crippen molar-refractivity contribution in [2.75, 3.05) is 27.4 Å². The molecule has 2 aromatic rings. The normalized spacial score (nSPS) is 18.5. The summed E-state index contributed by atoms with van der Waals surface area (Å²) in [5.74, 6) is -1.33. The van der Waals surface area contributed by atoms with Crippen molar-refractivity contribution in [3.8, 4) is 5.75 Å². The van der Waals surface area contributed by atoms with E-state index in [1.165, 1.54) is 25.2 Å². The highest BCUT2D eigenvalue weighted by atomic mass is 35.5. The van der Waals surface area contributed by atoms with Crippen LogP contribution in [0.3, 0.4) is 0 Å². The zero-order valence-corrected chi connectivity index (χ0v) is 16.3. The van der Waals surface area contributed by atoms with Crippen LogP contribution in [0.5, 0.6) is 5.75 Å². The molecule has 1 atom stereocenters. The molecule has 7 heteroatoms. The van der Waals surface area contributed by atoms with E-state index in [-0.39, 0.29) is 24.5 Å². The van der Waals surface area contributed by atoms with Crippen LogP contribution in [0, 0.1) is 0 Å². The quantitative estimate of drug-likeness (QED) is 0.456. The fourth-order valence-corrected chi connectivity index (χ4v) is 3.44. The Balaban J connectivity index is 2.16. The minimum atomic E-state index is -0.739. The number of hydrogen-bond acceptors (Lipinski definition) is 5. The van der Waals surface area contributed by atoms with Crippen LogP contribution in [0.1, 0.15) is 17.2 Å². The fraction of sp³-hybridized carbons (Fsp3) is 0.238. The second kappa shape index (κ2) is 8.46. The molecule has 1 amide bonds. The Morgan fingerprint density at radius 3 is 2.50 bits per heavy atom. The highest BCUT2D eigenvalue weighted by Gasteiger charge is 2.45. The molecule has 0 aliphatic carbocycles. The number of benzene rings is 2. The summed E-state index contributed by atoms with van der Waals surface area (Å²) in [6.07, 6.45) is 0. The summed E-state index contributed by atoms with van der Waals surface area (Å²) in [6, 6.07) is 13.1. The first-order valence-electron chi connectivity index (χ1n) is 8.65. The topological polar surface area (TPSA) is 76.1 Å². The minimum Gasteiger partial charge on any atom is -0.507 e. The van der Waals surface area contributed by atoms with Crippen molar-refractivity contribution in [3.05, 3.63) is 70.3 Å². The molecule has 146 valence electrons. The maximum Gasteiger partial charge on any atom is 0.295 e. The Kier molecular flexibility index (Phi) is 6.02. The highest BCUT2D eigenvalue weighted by molar-refractivity contribution is 6.46. The number of halogens is 1. The summed E-state index contributed by atoms with van der Waals surface area (Å²) in [4.78, 5) is 26.9. The van der Waals surface area contributed by atoms with Gasteiger partial charge in [0.25, 0.3) is 11.7 Å². The smallest absolute Gasteiger partial charge is 0.295 e. The van der Waals surface area contributed by atoms with Crippen LogP contribution >= 0.6 is 11.6 Å². The molecule has 1 N–H and O–H groups in total. The van der Waals surface area contributed by atoms with Gasteiger partial charge in [-0.1, -0.05) is 41.9 Å². The molecule has 0 bridgehead atoms. The van der Waals surface area contributed by atoms with Crippen LogP contribution in [-0.4, -0.2) is 49.1 Å². The van der Waals surface area contributed by atoms with Gasteiger partial charge in [-0.05, 0) is 23.8 Å². The van der Waals surface area contributed by atoms with Crippen LogP contribution in [0.4, 0.5) is 0 Å². The van der Waals surface area contributed by atoms with E-state index in [4.69, 9.17) is 21.1 Å². The Hall–Kier alpha value is -2.83. The van der Waals surface area contributed by atoms with Gasteiger partial charge in [-0.25, -0.2) is 0 Å². The van der Waals surface area contributed by atoms with E-state index in [0.29, 0.717) is 16.3 Å². The van der Waals surface area contributed by atoms with Crippen molar-refractivity contribution in [1.29, 1.82) is 0 Å². The second-order valence-electron chi connectivity index (χ2n) is 6.25. The van der Waals surface area contributed by atoms with E-state index in [0.717, 1.165) is 5.56 Å². The van der Waals surface area contributed by atoms with E-state index in [9.17, 15) is 14.7 Å². The van der Waals surface area contributed by atoms with Gasteiger partial charge >= 0.3 is 0 Å². The molecule has 0 aromatic heterocycles. The zero-order chi connectivity index (χ0) is 20.3. The molecule has 28 heavy (non-hydrogen) atoms. The van der Waals surface area contributed by atoms with Crippen LogP contribution in [-0.2, 0) is 14.3 Å². The fourth-order valence-electron chi connectivity index (χ4n) is 3.24. The monoisotopic (exact) mass is 401 g/mol. The molecular weight excluding hydrogens is 382 g/mol. The Morgan fingerprint density at radius 2 is 1.86 bits per heavy atom. The number of methoxy groups -OCH3 is 2. The molecule has 0 saturated carbocycles. The molecule has 0 radical (unpaired) electrons. The molecule has 1 saturated heterocycles. The van der Waals surface area contributed by atoms with Crippen LogP contribution < -0.4 is 4.74 Å². The highest BCUT2D eigenvalue weighted by Crippen LogP contribution is 2.40. The molecule has 0 spiro atoms. The van der Waals surface area contributed by atoms with Gasteiger partial charge < -0.3 is 19.5 Å². The molecule has 6 nitrogen and oxygen atoms in total. The van der Waals surface area contributed by atoms with E-state index in [1.54, 1.807) is 12.1 Å². The number of rotatable bonds is 6. The average Bonchev–Trinajstić information content (AvgIpc) is 2.97. The third-order valence-corrected chi connectivity index (χ3v) is 4.93. The van der Waals surface area contributed by atoms with Crippen LogP contribution in [0.15, 0.2) is 54.1 Å². The van der Waals surface area contributed by atoms with Crippen molar-refractivity contribution in [1.82, 2.24) is 4.90 Å². The SMILES string of the molecule is COCCN1C(=O)C(=O)/C(=C(\O)c2ccc(Cl)c(OC)c2)C1c1ccccc1. The Labute approximate surface area is 167 Å². The number of likely N-dealkylation sites (tertiary alicyclic amines) is 1. The number of amides is 1. The van der Waals surface area contributed by atoms with Crippen LogP contribution in [0.2, 0.25) is 5.02 Å². The van der Waals surface area contributed by atoms with E-state index in [2.05, 4.69) is 0 Å². The summed E-state index contributed by atoms with van der Waals surface area (Å²) >= 11 is 6.05. The maximum absolute atomic E-state index is 12.8. The number of carbonyl (C=O) groups excluding carboxylic acids is 2. The predicted octanol–water partition coefficient (Wildman–Crippen LogP) is 3.42. The van der Waals surface area contributed by atoms with Gasteiger partial charge in [0.05, 0.1) is 30.4 Å². The standard InChI is InChI=1S/C21H20ClNO5/c1-27-11-10-23-18(13-6-4-3-5-7-13)17(20(25)21(23)26)19(24)14-8-9-15(22)16(12-14)28-2/h3-9,12,18,24H,10-11H2,1-2H3/b19-17-. The first kappa shape index (κ1) is 19.9. The number of ketones is 1. The molecule has 1 heterocycles. The van der Waals surface area contributed by atoms with Crippen molar-refractivity contribution < 1.29 is 24.2 Å². The summed E-state index contributed by atoms with van der Waals surface area (Å²) in [5.41, 5.74) is 1.09. The van der Waals surface area contributed by atoms with Crippen molar-refractivity contribution in [3.63, 3.8) is 0 Å². The molecule has 2 aromatic carbocycles. The van der Waals surface area contributed by atoms with Crippen molar-refractivity contribution in [2.45, 2.75) is 6.04 Å². The molecule has 3 rings (SSSR count). The van der Waals surface area contributed by atoms with Gasteiger partial charge in [0, 0.05) is 19.2 Å². The van der Waals surface area contributed by atoms with E-state index in [1.807, 2.05) is 30.3 Å². The lowest BCUT2D eigenvalue weighted by molar-refractivity contribution is -0.140. The lowest BCUT2D eigenvalue weighted by Gasteiger charge is -2.25. The van der Waals surface area contributed by atoms with Gasteiger partial charge in [-0.3, -0.25) is 9.59 Å². The van der Waals surface area contributed by atoms with Gasteiger partial charge in [-0.2, -0.15) is 0 Å². The first-order valence-corrected chi connectivity index (χ1v) is 9.03. The van der Waals surface area contributed by atoms with Gasteiger partial charge in [-0.15, -0.1) is 0 Å². The van der Waals surface area contributed by atoms with Crippen LogP contribution in [0.25, 0.3) is 5.76 Å². The average molecular weight is 402 g/mol. The Bertz CT molecular complexity index is 926. The lowest BCUT2D eigenvalue weighted by Crippen LogP contribution is -2.32. The van der Waals surface area contributed by atoms with Crippen molar-refractivity contribution >= 4 is 29.1 Å². The zero-order valence-electron chi connectivity index (χ0n) is 15.5. The van der Waals surface area contributed by atoms with E-state index >= 15 is 0 Å². The number of hydrogen-bond donors (Lipinski definition) is 1. The number of ether oxygens (including phenoxy) is 2. The van der Waals surface area contributed by atoms with E-state index < -0.39 is 17.7 Å². The first-order chi connectivity index (χ1) is 13.5. The summed E-state index contributed by atoms with van der Waals surface area (Å²) < 4.78 is 10.3. The van der Waals surface area contributed by atoms with Crippen molar-refractivity contribution in [2.24, 2.45) is 0 Å². The van der Waals surface area contributed by atoms with Gasteiger partial charge in [0.15, 0.2) is 0 Å². The van der Waals surface area contributed by atoms with Gasteiger partial charge in [0.2, 0.25) is 0 Å². The predicted molar refractivity (Wildman–Crippen MR) is 105 cm³/mol. The second-order valence-corrected chi connectivity index (χ2v) is 6.65. The van der Waals surface area contributed by atoms with Gasteiger partial charge in [0.1, 0.15) is 11.5 Å². The number of aliphatic hydroxyl groups is 1. The third kappa shape index (κ3) is 3.61. The summed E-state index contributed by atoms with van der Waals surface area (Å²) in [6.45, 7) is 0.493. The molecule has 1 aliphatic rings. The molecule has 1 unspecified atom stereocenters. The number of aliphatic hydroxyl groups excluding tert-OH is 1. The molecule has 1 fully saturated rings. The number of carbonyl (C=O) groups is 2. The maximum atomic E-state index is 12.8. The largest absolute Gasteiger partial charge is 0.507 e. The number of Topliss-reactive ketones (excluding diaryl/α,β-unsaturated/α-hetero) is 1. The molecule has 1 aliphatic heterocycles. The minimum absolute atomic E-state index is 0.0247. The number of nitrogens with zero attached hydrogens (tertiary/aromatic N) is 1. The molecular formula is C21H20ClNO5. The summed E-state index contributed by atoms with van der Waals surface area (Å²) in [5, 5.41) is 11.3.